The first-order chi connectivity index (χ1) is 13.4. The van der Waals surface area contributed by atoms with Gasteiger partial charge in [0.2, 0.25) is 5.91 Å². The van der Waals surface area contributed by atoms with E-state index in [1.165, 1.54) is 24.3 Å². The first-order valence-corrected chi connectivity index (χ1v) is 8.95. The maximum Gasteiger partial charge on any atom is 0.416 e. The van der Waals surface area contributed by atoms with Crippen molar-refractivity contribution in [2.45, 2.75) is 12.7 Å². The molecule has 0 unspecified atom stereocenters. The number of anilines is 1. The zero-order valence-electron chi connectivity index (χ0n) is 15.2. The molecule has 2 aromatic rings. The van der Waals surface area contributed by atoms with Crippen LogP contribution in [0.4, 0.5) is 18.9 Å². The molecule has 1 N–H and O–H groups in total. The van der Waals surface area contributed by atoms with Crippen molar-refractivity contribution in [3.63, 3.8) is 0 Å². The molecule has 0 atom stereocenters. The van der Waals surface area contributed by atoms with E-state index in [0.29, 0.717) is 11.3 Å². The van der Waals surface area contributed by atoms with Crippen LogP contribution >= 0.6 is 0 Å². The molecule has 2 aromatic carbocycles. The number of carbonyl (C=O) groups is 1. The van der Waals surface area contributed by atoms with Crippen molar-refractivity contribution >= 4 is 17.7 Å². The Morgan fingerprint density at radius 1 is 1.11 bits per heavy atom. The summed E-state index contributed by atoms with van der Waals surface area (Å²) in [7, 11) is 0. The molecule has 1 amide bonds. The molecule has 4 nitrogen and oxygen atoms in total. The molecular weight excluding hydrogens is 369 g/mol. The fraction of sp³-hybridized carbons (Fsp3) is 0.286. The summed E-state index contributed by atoms with van der Waals surface area (Å²) in [5.41, 5.74) is 1.33. The van der Waals surface area contributed by atoms with Gasteiger partial charge < -0.3 is 10.1 Å². The third kappa shape index (κ3) is 5.94. The maximum atomic E-state index is 12.7. The van der Waals surface area contributed by atoms with E-state index in [0.717, 1.165) is 50.5 Å². The fourth-order valence-corrected chi connectivity index (χ4v) is 2.89. The van der Waals surface area contributed by atoms with Gasteiger partial charge in [0.1, 0.15) is 0 Å². The van der Waals surface area contributed by atoms with Gasteiger partial charge in [-0.3, -0.25) is 9.69 Å². The molecule has 0 aromatic heterocycles. The molecule has 148 valence electrons. The molecule has 28 heavy (non-hydrogen) atoms. The number of nitrogens with one attached hydrogen (secondary N) is 1. The summed E-state index contributed by atoms with van der Waals surface area (Å²) in [5, 5.41) is 2.71. The maximum absolute atomic E-state index is 12.7. The molecule has 0 radical (unpaired) electrons. The van der Waals surface area contributed by atoms with Crippen molar-refractivity contribution in [1.82, 2.24) is 4.90 Å². The van der Waals surface area contributed by atoms with Gasteiger partial charge in [0.05, 0.1) is 18.8 Å². The van der Waals surface area contributed by atoms with Crippen LogP contribution in [-0.2, 0) is 22.3 Å². The average Bonchev–Trinajstić information content (AvgIpc) is 2.68. The van der Waals surface area contributed by atoms with E-state index in [1.807, 2.05) is 24.3 Å². The van der Waals surface area contributed by atoms with Crippen LogP contribution in [-0.4, -0.2) is 37.1 Å². The Morgan fingerprint density at radius 2 is 1.82 bits per heavy atom. The topological polar surface area (TPSA) is 41.6 Å². The number of carbonyl (C=O) groups excluding carboxylic acids is 1. The Hall–Kier alpha value is -2.64. The predicted molar refractivity (Wildman–Crippen MR) is 102 cm³/mol. The lowest BCUT2D eigenvalue weighted by atomic mass is 10.1. The molecule has 0 saturated carbocycles. The van der Waals surface area contributed by atoms with E-state index in [9.17, 15) is 18.0 Å². The Bertz CT molecular complexity index is 826. The fourth-order valence-electron chi connectivity index (χ4n) is 2.89. The van der Waals surface area contributed by atoms with E-state index in [1.54, 1.807) is 0 Å². The predicted octanol–water partition coefficient (Wildman–Crippen LogP) is 4.19. The van der Waals surface area contributed by atoms with E-state index in [2.05, 4.69) is 10.2 Å². The quantitative estimate of drug-likeness (QED) is 0.779. The molecule has 0 aliphatic carbocycles. The van der Waals surface area contributed by atoms with Gasteiger partial charge >= 0.3 is 6.18 Å². The SMILES string of the molecule is O=C(/C=C/c1cccc(C(F)(F)F)c1)Nc1ccc(CN2CCOCC2)cc1. The molecule has 1 aliphatic heterocycles. The number of ether oxygens (including phenoxy) is 1. The van der Waals surface area contributed by atoms with Gasteiger partial charge in [-0.2, -0.15) is 13.2 Å². The van der Waals surface area contributed by atoms with Crippen molar-refractivity contribution in [2.75, 3.05) is 31.6 Å². The molecule has 0 spiro atoms. The monoisotopic (exact) mass is 390 g/mol. The zero-order valence-corrected chi connectivity index (χ0v) is 15.2. The summed E-state index contributed by atoms with van der Waals surface area (Å²) < 4.78 is 43.5. The van der Waals surface area contributed by atoms with Crippen LogP contribution in [0.3, 0.4) is 0 Å². The lowest BCUT2D eigenvalue weighted by Gasteiger charge is -2.26. The number of benzene rings is 2. The number of morpholine rings is 1. The smallest absolute Gasteiger partial charge is 0.379 e. The molecule has 1 heterocycles. The minimum atomic E-state index is -4.41. The first-order valence-electron chi connectivity index (χ1n) is 8.95. The standard InChI is InChI=1S/C21H21F3N2O2/c22-21(23,24)18-3-1-2-16(14-18)6-9-20(27)25-19-7-4-17(5-8-19)15-26-10-12-28-13-11-26/h1-9,14H,10-13,15H2,(H,25,27)/b9-6+. The number of alkyl halides is 3. The van der Waals surface area contributed by atoms with E-state index in [4.69, 9.17) is 4.74 Å². The minimum absolute atomic E-state index is 0.311. The molecule has 1 fully saturated rings. The van der Waals surface area contributed by atoms with Crippen LogP contribution in [0, 0.1) is 0 Å². The Morgan fingerprint density at radius 3 is 2.50 bits per heavy atom. The van der Waals surface area contributed by atoms with Gasteiger partial charge in [-0.25, -0.2) is 0 Å². The average molecular weight is 390 g/mol. The second kappa shape index (κ2) is 9.03. The van der Waals surface area contributed by atoms with Gasteiger partial charge in [-0.1, -0.05) is 24.3 Å². The summed E-state index contributed by atoms with van der Waals surface area (Å²) in [6.07, 6.45) is -1.83. The Labute approximate surface area is 161 Å². The Kier molecular flexibility index (Phi) is 6.49. The highest BCUT2D eigenvalue weighted by molar-refractivity contribution is 6.01. The number of amides is 1. The number of halogens is 3. The molecule has 1 aliphatic rings. The highest BCUT2D eigenvalue weighted by Gasteiger charge is 2.30. The third-order valence-electron chi connectivity index (χ3n) is 4.37. The van der Waals surface area contributed by atoms with Gasteiger partial charge in [-0.05, 0) is 41.5 Å². The first kappa shape index (κ1) is 20.1. The van der Waals surface area contributed by atoms with Crippen LogP contribution in [0.1, 0.15) is 16.7 Å². The van der Waals surface area contributed by atoms with Crippen LogP contribution in [0.15, 0.2) is 54.6 Å². The summed E-state index contributed by atoms with van der Waals surface area (Å²) in [6, 6.07) is 12.3. The van der Waals surface area contributed by atoms with Gasteiger partial charge in [-0.15, -0.1) is 0 Å². The van der Waals surface area contributed by atoms with E-state index in [-0.39, 0.29) is 0 Å². The van der Waals surface area contributed by atoms with E-state index >= 15 is 0 Å². The molecule has 1 saturated heterocycles. The number of hydrogen-bond donors (Lipinski definition) is 1. The minimum Gasteiger partial charge on any atom is -0.379 e. The van der Waals surface area contributed by atoms with Crippen LogP contribution in [0.5, 0.6) is 0 Å². The summed E-state index contributed by atoms with van der Waals surface area (Å²) in [6.45, 7) is 4.11. The lowest BCUT2D eigenvalue weighted by molar-refractivity contribution is -0.137. The second-order valence-electron chi connectivity index (χ2n) is 6.53. The van der Waals surface area contributed by atoms with Crippen LogP contribution in [0.2, 0.25) is 0 Å². The van der Waals surface area contributed by atoms with Gasteiger partial charge in [0, 0.05) is 31.4 Å². The van der Waals surface area contributed by atoms with Gasteiger partial charge in [0.15, 0.2) is 0 Å². The third-order valence-corrected chi connectivity index (χ3v) is 4.37. The van der Waals surface area contributed by atoms with Crippen molar-refractivity contribution < 1.29 is 22.7 Å². The summed E-state index contributed by atoms with van der Waals surface area (Å²) >= 11 is 0. The zero-order chi connectivity index (χ0) is 20.0. The molecule has 3 rings (SSSR count). The number of hydrogen-bond acceptors (Lipinski definition) is 3. The van der Waals surface area contributed by atoms with Gasteiger partial charge in [0.25, 0.3) is 0 Å². The largest absolute Gasteiger partial charge is 0.416 e. The second-order valence-corrected chi connectivity index (χ2v) is 6.53. The van der Waals surface area contributed by atoms with Crippen molar-refractivity contribution in [1.29, 1.82) is 0 Å². The Balaban J connectivity index is 1.55. The van der Waals surface area contributed by atoms with Crippen molar-refractivity contribution in [2.24, 2.45) is 0 Å². The summed E-state index contributed by atoms with van der Waals surface area (Å²) in [5.74, 6) is -0.404. The van der Waals surface area contributed by atoms with Crippen molar-refractivity contribution in [3.8, 4) is 0 Å². The normalized spacial score (nSPS) is 15.7. The highest BCUT2D eigenvalue weighted by atomic mass is 19.4. The number of nitrogens with zero attached hydrogens (tertiary/aromatic N) is 1. The van der Waals surface area contributed by atoms with Crippen LogP contribution < -0.4 is 5.32 Å². The van der Waals surface area contributed by atoms with Crippen LogP contribution in [0.25, 0.3) is 6.08 Å². The molecule has 0 bridgehead atoms. The van der Waals surface area contributed by atoms with E-state index < -0.39 is 17.6 Å². The summed E-state index contributed by atoms with van der Waals surface area (Å²) in [4.78, 5) is 14.3. The lowest BCUT2D eigenvalue weighted by Crippen LogP contribution is -2.35. The van der Waals surface area contributed by atoms with Crippen molar-refractivity contribution in [3.05, 3.63) is 71.3 Å². The highest BCUT2D eigenvalue weighted by Crippen LogP contribution is 2.29. The molecular formula is C21H21F3N2O2. The molecule has 7 heteroatoms. The number of rotatable bonds is 5.